The molecule has 154 valence electrons. The molecule has 0 spiro atoms. The van der Waals surface area contributed by atoms with Crippen LogP contribution in [0, 0.1) is 11.8 Å². The second-order valence-corrected chi connectivity index (χ2v) is 6.76. The van der Waals surface area contributed by atoms with Crippen molar-refractivity contribution in [1.82, 2.24) is 0 Å². The Hall–Kier alpha value is -4.10. The van der Waals surface area contributed by atoms with Crippen molar-refractivity contribution in [2.45, 2.75) is 19.8 Å². The van der Waals surface area contributed by atoms with E-state index < -0.39 is 11.9 Å². The third-order valence-electron chi connectivity index (χ3n) is 4.38. The summed E-state index contributed by atoms with van der Waals surface area (Å²) in [5.41, 5.74) is 3.21. The fraction of sp³-hybridized carbons (Fsp3) is 0.111. The standard InChI is InChI=1S/C27H22O4/c1-3-5-20-10-18-25(19-11-20)31-27(29)23-14-8-21(9-15-23)6-7-22-12-16-24(17-13-22)30-26(28)4-2/h4,8-19H,2-3,5H2,1H3. The third-order valence-corrected chi connectivity index (χ3v) is 4.38. The largest absolute Gasteiger partial charge is 0.423 e. The van der Waals surface area contributed by atoms with E-state index in [9.17, 15) is 9.59 Å². The molecule has 0 saturated carbocycles. The average Bonchev–Trinajstić information content (AvgIpc) is 2.80. The van der Waals surface area contributed by atoms with Crippen molar-refractivity contribution >= 4 is 11.9 Å². The molecule has 0 radical (unpaired) electrons. The normalized spacial score (nSPS) is 9.84. The number of hydrogen-bond donors (Lipinski definition) is 0. The van der Waals surface area contributed by atoms with Gasteiger partial charge in [-0.3, -0.25) is 0 Å². The Morgan fingerprint density at radius 1 is 0.806 bits per heavy atom. The molecule has 4 nitrogen and oxygen atoms in total. The number of rotatable bonds is 6. The van der Waals surface area contributed by atoms with E-state index in [1.165, 1.54) is 5.56 Å². The van der Waals surface area contributed by atoms with Gasteiger partial charge in [0, 0.05) is 17.2 Å². The first kappa shape index (κ1) is 21.6. The zero-order valence-corrected chi connectivity index (χ0v) is 17.3. The molecule has 31 heavy (non-hydrogen) atoms. The monoisotopic (exact) mass is 410 g/mol. The van der Waals surface area contributed by atoms with Gasteiger partial charge in [0.2, 0.25) is 0 Å². The maximum absolute atomic E-state index is 12.3. The van der Waals surface area contributed by atoms with Gasteiger partial charge in [0.25, 0.3) is 0 Å². The Morgan fingerprint density at radius 2 is 1.32 bits per heavy atom. The van der Waals surface area contributed by atoms with Crippen molar-refractivity contribution in [2.24, 2.45) is 0 Å². The summed E-state index contributed by atoms with van der Waals surface area (Å²) in [6.07, 6.45) is 3.19. The van der Waals surface area contributed by atoms with Crippen LogP contribution >= 0.6 is 0 Å². The zero-order chi connectivity index (χ0) is 22.1. The van der Waals surface area contributed by atoms with Crippen LogP contribution in [0.15, 0.2) is 85.5 Å². The maximum Gasteiger partial charge on any atom is 0.343 e. The lowest BCUT2D eigenvalue weighted by atomic mass is 10.1. The van der Waals surface area contributed by atoms with Crippen LogP contribution in [0.1, 0.15) is 40.4 Å². The molecule has 0 N–H and O–H groups in total. The summed E-state index contributed by atoms with van der Waals surface area (Å²) in [4.78, 5) is 23.5. The van der Waals surface area contributed by atoms with Crippen molar-refractivity contribution in [3.8, 4) is 23.3 Å². The van der Waals surface area contributed by atoms with E-state index >= 15 is 0 Å². The van der Waals surface area contributed by atoms with Crippen LogP contribution in [0.4, 0.5) is 0 Å². The summed E-state index contributed by atoms with van der Waals surface area (Å²) in [6, 6.07) is 21.3. The van der Waals surface area contributed by atoms with Crippen molar-refractivity contribution in [3.63, 3.8) is 0 Å². The molecular formula is C27H22O4. The number of hydrogen-bond acceptors (Lipinski definition) is 4. The van der Waals surface area contributed by atoms with Crippen LogP contribution in [-0.2, 0) is 11.2 Å². The van der Waals surface area contributed by atoms with E-state index in [2.05, 4.69) is 25.3 Å². The molecule has 0 aliphatic rings. The minimum atomic E-state index is -0.508. The Bertz CT molecular complexity index is 1110. The van der Waals surface area contributed by atoms with Crippen molar-refractivity contribution in [3.05, 3.63) is 108 Å². The van der Waals surface area contributed by atoms with E-state index in [-0.39, 0.29) is 0 Å². The Balaban J connectivity index is 1.60. The highest BCUT2D eigenvalue weighted by atomic mass is 16.5. The van der Waals surface area contributed by atoms with Gasteiger partial charge in [-0.1, -0.05) is 43.9 Å². The van der Waals surface area contributed by atoms with E-state index in [0.29, 0.717) is 17.1 Å². The molecule has 0 atom stereocenters. The quantitative estimate of drug-likeness (QED) is 0.238. The Labute approximate surface area is 182 Å². The smallest absolute Gasteiger partial charge is 0.343 e. The summed E-state index contributed by atoms with van der Waals surface area (Å²) >= 11 is 0. The fourth-order valence-electron chi connectivity index (χ4n) is 2.78. The molecule has 0 fully saturated rings. The van der Waals surface area contributed by atoms with Crippen LogP contribution in [0.2, 0.25) is 0 Å². The lowest BCUT2D eigenvalue weighted by molar-refractivity contribution is -0.128. The number of esters is 2. The topological polar surface area (TPSA) is 52.6 Å². The first-order valence-electron chi connectivity index (χ1n) is 9.95. The SMILES string of the molecule is C=CC(=O)Oc1ccc(C#Cc2ccc(C(=O)Oc3ccc(CCC)cc3)cc2)cc1. The third kappa shape index (κ3) is 6.45. The second-order valence-electron chi connectivity index (χ2n) is 6.76. The van der Waals surface area contributed by atoms with Crippen LogP contribution in [0.25, 0.3) is 0 Å². The van der Waals surface area contributed by atoms with Gasteiger partial charge < -0.3 is 9.47 Å². The lowest BCUT2D eigenvalue weighted by Gasteiger charge is -2.05. The summed E-state index contributed by atoms with van der Waals surface area (Å²) in [5.74, 6) is 6.11. The van der Waals surface area contributed by atoms with Crippen molar-refractivity contribution < 1.29 is 19.1 Å². The molecule has 0 aromatic heterocycles. The zero-order valence-electron chi connectivity index (χ0n) is 17.3. The number of ether oxygens (including phenoxy) is 2. The molecule has 0 saturated heterocycles. The van der Waals surface area contributed by atoms with Gasteiger partial charge >= 0.3 is 11.9 Å². The summed E-state index contributed by atoms with van der Waals surface area (Å²) in [6.45, 7) is 5.48. The molecular weight excluding hydrogens is 388 g/mol. The molecule has 0 heterocycles. The van der Waals surface area contributed by atoms with E-state index in [1.54, 1.807) is 48.5 Å². The van der Waals surface area contributed by atoms with E-state index in [1.807, 2.05) is 24.3 Å². The predicted octanol–water partition coefficient (Wildman–Crippen LogP) is 5.35. The van der Waals surface area contributed by atoms with E-state index in [0.717, 1.165) is 30.0 Å². The highest BCUT2D eigenvalue weighted by Crippen LogP contribution is 2.16. The molecule has 0 aliphatic carbocycles. The first-order valence-corrected chi connectivity index (χ1v) is 9.95. The van der Waals surface area contributed by atoms with Crippen molar-refractivity contribution in [1.29, 1.82) is 0 Å². The van der Waals surface area contributed by atoms with Gasteiger partial charge in [0.05, 0.1) is 5.56 Å². The minimum Gasteiger partial charge on any atom is -0.423 e. The fourth-order valence-corrected chi connectivity index (χ4v) is 2.78. The molecule has 0 aliphatic heterocycles. The number of carbonyl (C=O) groups excluding carboxylic acids is 2. The highest BCUT2D eigenvalue weighted by molar-refractivity contribution is 5.91. The Morgan fingerprint density at radius 3 is 1.87 bits per heavy atom. The van der Waals surface area contributed by atoms with Gasteiger partial charge in [-0.2, -0.15) is 0 Å². The van der Waals surface area contributed by atoms with Gasteiger partial charge in [-0.15, -0.1) is 0 Å². The van der Waals surface area contributed by atoms with Crippen LogP contribution < -0.4 is 9.47 Å². The number of aryl methyl sites for hydroxylation is 1. The maximum atomic E-state index is 12.3. The summed E-state index contributed by atoms with van der Waals surface area (Å²) < 4.78 is 10.5. The van der Waals surface area contributed by atoms with Crippen LogP contribution in [0.3, 0.4) is 0 Å². The van der Waals surface area contributed by atoms with Gasteiger partial charge in [-0.25, -0.2) is 9.59 Å². The van der Waals surface area contributed by atoms with Crippen LogP contribution in [0.5, 0.6) is 11.5 Å². The van der Waals surface area contributed by atoms with Crippen molar-refractivity contribution in [2.75, 3.05) is 0 Å². The first-order chi connectivity index (χ1) is 15.1. The molecule has 0 unspecified atom stereocenters. The minimum absolute atomic E-state index is 0.410. The summed E-state index contributed by atoms with van der Waals surface area (Å²) in [7, 11) is 0. The lowest BCUT2D eigenvalue weighted by Crippen LogP contribution is -2.08. The second kappa shape index (κ2) is 10.6. The molecule has 3 aromatic rings. The Kier molecular flexibility index (Phi) is 7.40. The molecule has 0 bridgehead atoms. The summed E-state index contributed by atoms with van der Waals surface area (Å²) in [5, 5.41) is 0. The molecule has 3 aromatic carbocycles. The van der Waals surface area contributed by atoms with Gasteiger partial charge in [0.1, 0.15) is 11.5 Å². The molecule has 3 rings (SSSR count). The number of benzene rings is 3. The predicted molar refractivity (Wildman–Crippen MR) is 120 cm³/mol. The van der Waals surface area contributed by atoms with E-state index in [4.69, 9.17) is 9.47 Å². The molecule has 4 heteroatoms. The molecule has 0 amide bonds. The van der Waals surface area contributed by atoms with Gasteiger partial charge in [-0.05, 0) is 72.6 Å². The number of carbonyl (C=O) groups is 2. The average molecular weight is 410 g/mol. The van der Waals surface area contributed by atoms with Gasteiger partial charge in [0.15, 0.2) is 0 Å². The van der Waals surface area contributed by atoms with Crippen LogP contribution in [-0.4, -0.2) is 11.9 Å². The highest BCUT2D eigenvalue weighted by Gasteiger charge is 2.08.